The summed E-state index contributed by atoms with van der Waals surface area (Å²) in [5, 5.41) is 13.4. The average molecular weight is 571 g/mol. The summed E-state index contributed by atoms with van der Waals surface area (Å²) in [4.78, 5) is 12.6. The van der Waals surface area contributed by atoms with Crippen LogP contribution in [0, 0.1) is 11.3 Å². The number of carbonyl (C=O) groups excluding carboxylic acids is 1. The standard InChI is InChI=1S/C23H13BrCl4N2O2/c24-16-9-13(10-20(28)22(16)32-12-14-4-1-2-5-17(14)25)8-15(11-29)23(31)30-21-18(26)6-3-7-19(21)27/h1-10H,12H2,(H,30,31)/b15-8+. The van der Waals surface area contributed by atoms with Crippen molar-refractivity contribution in [1.82, 2.24) is 0 Å². The van der Waals surface area contributed by atoms with Crippen molar-refractivity contribution in [3.8, 4) is 11.8 Å². The van der Waals surface area contributed by atoms with E-state index >= 15 is 0 Å². The Labute approximate surface area is 213 Å². The molecule has 1 amide bonds. The molecule has 0 radical (unpaired) electrons. The Hall–Kier alpha value is -2.20. The van der Waals surface area contributed by atoms with Gasteiger partial charge < -0.3 is 10.1 Å². The smallest absolute Gasteiger partial charge is 0.266 e. The highest BCUT2D eigenvalue weighted by atomic mass is 79.9. The van der Waals surface area contributed by atoms with E-state index in [0.29, 0.717) is 25.8 Å². The lowest BCUT2D eigenvalue weighted by atomic mass is 10.1. The van der Waals surface area contributed by atoms with Crippen LogP contribution in [0.15, 0.2) is 64.6 Å². The number of hydrogen-bond donors (Lipinski definition) is 1. The van der Waals surface area contributed by atoms with Crippen LogP contribution in [-0.4, -0.2) is 5.91 Å². The topological polar surface area (TPSA) is 62.1 Å². The number of ether oxygens (including phenoxy) is 1. The van der Waals surface area contributed by atoms with Gasteiger partial charge in [0.2, 0.25) is 0 Å². The SMILES string of the molecule is N#C/C(=C\c1cc(Cl)c(OCc2ccccc2Cl)c(Br)c1)C(=O)Nc1c(Cl)cccc1Cl. The fourth-order valence-corrected chi connectivity index (χ4v) is 4.35. The van der Waals surface area contributed by atoms with Crippen LogP contribution < -0.4 is 10.1 Å². The lowest BCUT2D eigenvalue weighted by molar-refractivity contribution is -0.112. The number of amides is 1. The van der Waals surface area contributed by atoms with E-state index in [0.717, 1.165) is 5.56 Å². The Bertz CT molecular complexity index is 1210. The van der Waals surface area contributed by atoms with Crippen LogP contribution in [0.3, 0.4) is 0 Å². The van der Waals surface area contributed by atoms with Crippen LogP contribution in [0.2, 0.25) is 20.1 Å². The molecule has 4 nitrogen and oxygen atoms in total. The molecule has 0 aliphatic rings. The van der Waals surface area contributed by atoms with Gasteiger partial charge in [-0.3, -0.25) is 4.79 Å². The molecule has 0 heterocycles. The largest absolute Gasteiger partial charge is 0.486 e. The molecule has 32 heavy (non-hydrogen) atoms. The summed E-state index contributed by atoms with van der Waals surface area (Å²) in [5.74, 6) is -0.247. The van der Waals surface area contributed by atoms with Gasteiger partial charge in [-0.05, 0) is 57.9 Å². The van der Waals surface area contributed by atoms with Crippen molar-refractivity contribution in [2.45, 2.75) is 6.61 Å². The highest BCUT2D eigenvalue weighted by Gasteiger charge is 2.15. The van der Waals surface area contributed by atoms with Crippen LogP contribution in [0.25, 0.3) is 6.08 Å². The third kappa shape index (κ3) is 5.98. The predicted octanol–water partition coefficient (Wildman–Crippen LogP) is 8.19. The molecule has 9 heteroatoms. The monoisotopic (exact) mass is 568 g/mol. The number of halogens is 5. The molecular weight excluding hydrogens is 558 g/mol. The molecule has 0 saturated heterocycles. The lowest BCUT2D eigenvalue weighted by Gasteiger charge is -2.12. The van der Waals surface area contributed by atoms with Crippen LogP contribution in [-0.2, 0) is 11.4 Å². The second kappa shape index (κ2) is 11.1. The number of anilines is 1. The van der Waals surface area contributed by atoms with Crippen LogP contribution in [0.1, 0.15) is 11.1 Å². The minimum Gasteiger partial charge on any atom is -0.486 e. The normalized spacial score (nSPS) is 11.1. The Kier molecular flexibility index (Phi) is 8.47. The number of para-hydroxylation sites is 1. The summed E-state index contributed by atoms with van der Waals surface area (Å²) in [5.41, 5.74) is 1.39. The lowest BCUT2D eigenvalue weighted by Crippen LogP contribution is -2.14. The molecule has 0 atom stereocenters. The minimum atomic E-state index is -0.659. The van der Waals surface area contributed by atoms with E-state index in [1.807, 2.05) is 24.3 Å². The van der Waals surface area contributed by atoms with E-state index in [1.54, 1.807) is 36.4 Å². The third-order valence-electron chi connectivity index (χ3n) is 4.23. The Morgan fingerprint density at radius 3 is 2.28 bits per heavy atom. The van der Waals surface area contributed by atoms with E-state index < -0.39 is 5.91 Å². The van der Waals surface area contributed by atoms with Crippen molar-refractivity contribution in [1.29, 1.82) is 5.26 Å². The molecular formula is C23H13BrCl4N2O2. The zero-order valence-corrected chi connectivity index (χ0v) is 20.7. The number of benzene rings is 3. The van der Waals surface area contributed by atoms with Gasteiger partial charge in [0.25, 0.3) is 5.91 Å². The van der Waals surface area contributed by atoms with Gasteiger partial charge in [0.1, 0.15) is 18.2 Å². The maximum Gasteiger partial charge on any atom is 0.266 e. The van der Waals surface area contributed by atoms with Crippen molar-refractivity contribution in [2.75, 3.05) is 5.32 Å². The molecule has 0 aliphatic carbocycles. The molecule has 3 rings (SSSR count). The van der Waals surface area contributed by atoms with Gasteiger partial charge in [0, 0.05) is 10.6 Å². The molecule has 0 aromatic heterocycles. The van der Waals surface area contributed by atoms with E-state index in [4.69, 9.17) is 51.1 Å². The molecule has 0 saturated carbocycles. The van der Waals surface area contributed by atoms with Gasteiger partial charge in [0.15, 0.2) is 5.75 Å². The van der Waals surface area contributed by atoms with Gasteiger partial charge in [-0.15, -0.1) is 0 Å². The van der Waals surface area contributed by atoms with E-state index in [-0.39, 0.29) is 27.9 Å². The highest BCUT2D eigenvalue weighted by Crippen LogP contribution is 2.36. The molecule has 0 aliphatic heterocycles. The summed E-state index contributed by atoms with van der Waals surface area (Å²) in [6.07, 6.45) is 1.40. The number of hydrogen-bond acceptors (Lipinski definition) is 3. The van der Waals surface area contributed by atoms with E-state index in [1.165, 1.54) is 6.08 Å². The first-order valence-electron chi connectivity index (χ1n) is 9.02. The molecule has 0 spiro atoms. The number of nitrogens with one attached hydrogen (secondary N) is 1. The third-order valence-corrected chi connectivity index (χ3v) is 6.10. The zero-order chi connectivity index (χ0) is 23.3. The summed E-state index contributed by atoms with van der Waals surface area (Å²) < 4.78 is 6.37. The minimum absolute atomic E-state index is 0.159. The van der Waals surface area contributed by atoms with E-state index in [2.05, 4.69) is 21.2 Å². The number of carbonyl (C=O) groups is 1. The predicted molar refractivity (Wildman–Crippen MR) is 134 cm³/mol. The quantitative estimate of drug-likeness (QED) is 0.240. The summed E-state index contributed by atoms with van der Waals surface area (Å²) >= 11 is 28.1. The van der Waals surface area contributed by atoms with Crippen LogP contribution in [0.5, 0.6) is 5.75 Å². The molecule has 162 valence electrons. The fourth-order valence-electron chi connectivity index (χ4n) is 2.68. The first kappa shape index (κ1) is 24.4. The molecule has 3 aromatic rings. The maximum absolute atomic E-state index is 12.6. The average Bonchev–Trinajstić information content (AvgIpc) is 2.75. The first-order chi connectivity index (χ1) is 15.3. The van der Waals surface area contributed by atoms with Crippen molar-refractivity contribution < 1.29 is 9.53 Å². The van der Waals surface area contributed by atoms with E-state index in [9.17, 15) is 10.1 Å². The summed E-state index contributed by atoms with van der Waals surface area (Å²) in [6, 6.07) is 17.3. The van der Waals surface area contributed by atoms with Gasteiger partial charge in [-0.2, -0.15) is 5.26 Å². The van der Waals surface area contributed by atoms with Crippen LogP contribution in [0.4, 0.5) is 5.69 Å². The zero-order valence-electron chi connectivity index (χ0n) is 16.1. The summed E-state index contributed by atoms with van der Waals surface area (Å²) in [7, 11) is 0. The Balaban J connectivity index is 1.81. The number of nitriles is 1. The Morgan fingerprint density at radius 1 is 1.00 bits per heavy atom. The number of rotatable bonds is 6. The molecule has 0 unspecified atom stereocenters. The summed E-state index contributed by atoms with van der Waals surface area (Å²) in [6.45, 7) is 0.220. The van der Waals surface area contributed by atoms with Gasteiger partial charge in [0.05, 0.1) is 25.2 Å². The van der Waals surface area contributed by atoms with Crippen LogP contribution >= 0.6 is 62.3 Å². The molecule has 0 bridgehead atoms. The second-order valence-corrected chi connectivity index (χ2v) is 8.90. The maximum atomic E-state index is 12.6. The first-order valence-corrected chi connectivity index (χ1v) is 11.3. The van der Waals surface area contributed by atoms with Gasteiger partial charge in [-0.25, -0.2) is 0 Å². The van der Waals surface area contributed by atoms with Crippen molar-refractivity contribution in [3.05, 3.63) is 95.9 Å². The molecule has 3 aromatic carbocycles. The van der Waals surface area contributed by atoms with Crippen molar-refractivity contribution in [2.24, 2.45) is 0 Å². The van der Waals surface area contributed by atoms with Crippen molar-refractivity contribution >= 4 is 80.0 Å². The molecule has 0 fully saturated rings. The fraction of sp³-hybridized carbons (Fsp3) is 0.0435. The van der Waals surface area contributed by atoms with Gasteiger partial charge >= 0.3 is 0 Å². The second-order valence-electron chi connectivity index (χ2n) is 6.41. The Morgan fingerprint density at radius 2 is 1.66 bits per heavy atom. The molecule has 1 N–H and O–H groups in total. The van der Waals surface area contributed by atoms with Crippen molar-refractivity contribution in [3.63, 3.8) is 0 Å². The van der Waals surface area contributed by atoms with Gasteiger partial charge in [-0.1, -0.05) is 70.7 Å². The highest BCUT2D eigenvalue weighted by molar-refractivity contribution is 9.10. The number of nitrogens with zero attached hydrogens (tertiary/aromatic N) is 1.